The van der Waals surface area contributed by atoms with Gasteiger partial charge in [0.25, 0.3) is 5.56 Å². The van der Waals surface area contributed by atoms with Gasteiger partial charge in [0, 0.05) is 19.5 Å². The maximum absolute atomic E-state index is 13.0. The summed E-state index contributed by atoms with van der Waals surface area (Å²) in [5, 5.41) is 3.19. The quantitative estimate of drug-likeness (QED) is 0.751. The molecule has 0 aliphatic carbocycles. The monoisotopic (exact) mass is 430 g/mol. The van der Waals surface area contributed by atoms with Gasteiger partial charge in [0.2, 0.25) is 5.95 Å². The molecule has 0 unspecified atom stereocenters. The highest BCUT2D eigenvalue weighted by atomic mass is 16.7. The number of hydrogen-bond donors (Lipinski definition) is 1. The smallest absolute Gasteiger partial charge is 0.410 e. The molecule has 9 heteroatoms. The van der Waals surface area contributed by atoms with Crippen LogP contribution in [0.3, 0.4) is 0 Å². The minimum atomic E-state index is -0.597. The van der Waals surface area contributed by atoms with Crippen LogP contribution in [-0.4, -0.2) is 53.6 Å². The van der Waals surface area contributed by atoms with E-state index in [4.69, 9.17) is 14.3 Å². The first-order valence-corrected chi connectivity index (χ1v) is 10.3. The van der Waals surface area contributed by atoms with Crippen molar-refractivity contribution in [3.05, 3.63) is 51.4 Å². The molecule has 1 amide bonds. The van der Waals surface area contributed by atoms with Crippen molar-refractivity contribution in [2.24, 2.45) is 0 Å². The number of fused-ring (bicyclic) bond motifs is 1. The first kappa shape index (κ1) is 22.5. The predicted octanol–water partition coefficient (Wildman–Crippen LogP) is 2.26. The fraction of sp³-hybridized carbons (Fsp3) is 0.500. The number of rotatable bonds is 6. The highest BCUT2D eigenvalue weighted by molar-refractivity contribution is 5.68. The summed E-state index contributed by atoms with van der Waals surface area (Å²) in [5.74, 6) is 1.16. The lowest BCUT2D eigenvalue weighted by molar-refractivity contribution is 0.0219. The van der Waals surface area contributed by atoms with Crippen molar-refractivity contribution in [2.45, 2.75) is 45.8 Å². The van der Waals surface area contributed by atoms with Gasteiger partial charge in [0.1, 0.15) is 18.5 Å². The molecular formula is C22H30N4O5. The Morgan fingerprint density at radius 2 is 1.90 bits per heavy atom. The molecule has 1 aliphatic heterocycles. The van der Waals surface area contributed by atoms with Gasteiger partial charge in [0.15, 0.2) is 0 Å². The SMILES string of the molecule is COc1ccc(CCNc2nc3c(c(=O)n2OC)CN(C(=O)OC(C)(C)C)CC3)cc1. The predicted molar refractivity (Wildman–Crippen MR) is 117 cm³/mol. The summed E-state index contributed by atoms with van der Waals surface area (Å²) in [6.45, 7) is 6.59. The van der Waals surface area contributed by atoms with E-state index in [0.717, 1.165) is 22.5 Å². The highest BCUT2D eigenvalue weighted by Gasteiger charge is 2.29. The highest BCUT2D eigenvalue weighted by Crippen LogP contribution is 2.19. The van der Waals surface area contributed by atoms with Crippen molar-refractivity contribution in [3.8, 4) is 5.75 Å². The minimum Gasteiger partial charge on any atom is -0.497 e. The van der Waals surface area contributed by atoms with Crippen LogP contribution >= 0.6 is 0 Å². The minimum absolute atomic E-state index is 0.144. The van der Waals surface area contributed by atoms with E-state index in [9.17, 15) is 9.59 Å². The van der Waals surface area contributed by atoms with Gasteiger partial charge >= 0.3 is 6.09 Å². The number of benzene rings is 1. The Bertz CT molecular complexity index is 979. The zero-order chi connectivity index (χ0) is 22.6. The number of aromatic nitrogens is 2. The van der Waals surface area contributed by atoms with Crippen molar-refractivity contribution >= 4 is 12.0 Å². The van der Waals surface area contributed by atoms with Crippen LogP contribution in [0.1, 0.15) is 37.6 Å². The maximum Gasteiger partial charge on any atom is 0.410 e. The Morgan fingerprint density at radius 3 is 2.52 bits per heavy atom. The average Bonchev–Trinajstić information content (AvgIpc) is 2.73. The van der Waals surface area contributed by atoms with Gasteiger partial charge in [0.05, 0.1) is 24.9 Å². The molecule has 2 heterocycles. The van der Waals surface area contributed by atoms with E-state index < -0.39 is 11.7 Å². The fourth-order valence-electron chi connectivity index (χ4n) is 3.33. The average molecular weight is 431 g/mol. The number of methoxy groups -OCH3 is 1. The van der Waals surface area contributed by atoms with Crippen molar-refractivity contribution in [1.82, 2.24) is 14.6 Å². The van der Waals surface area contributed by atoms with E-state index in [0.29, 0.717) is 36.7 Å². The number of nitrogens with one attached hydrogen (secondary N) is 1. The molecule has 3 rings (SSSR count). The number of carbonyl (C=O) groups excluding carboxylic acids is 1. The molecular weight excluding hydrogens is 400 g/mol. The van der Waals surface area contributed by atoms with Crippen LogP contribution < -0.4 is 20.5 Å². The molecule has 9 nitrogen and oxygen atoms in total. The van der Waals surface area contributed by atoms with Crippen LogP contribution in [0.2, 0.25) is 0 Å². The summed E-state index contributed by atoms with van der Waals surface area (Å²) in [6.07, 6.45) is 0.775. The Hall–Kier alpha value is -3.23. The van der Waals surface area contributed by atoms with Gasteiger partial charge in [-0.25, -0.2) is 9.78 Å². The summed E-state index contributed by atoms with van der Waals surface area (Å²) < 4.78 is 11.7. The number of anilines is 1. The van der Waals surface area contributed by atoms with Crippen molar-refractivity contribution in [3.63, 3.8) is 0 Å². The Balaban J connectivity index is 1.72. The van der Waals surface area contributed by atoms with Crippen LogP contribution in [0.5, 0.6) is 5.75 Å². The van der Waals surface area contributed by atoms with E-state index in [2.05, 4.69) is 10.3 Å². The lowest BCUT2D eigenvalue weighted by Gasteiger charge is -2.30. The summed E-state index contributed by atoms with van der Waals surface area (Å²) >= 11 is 0. The maximum atomic E-state index is 13.0. The van der Waals surface area contributed by atoms with E-state index in [1.807, 2.05) is 45.0 Å². The summed E-state index contributed by atoms with van der Waals surface area (Å²) in [5.41, 5.74) is 1.32. The molecule has 2 aromatic rings. The molecule has 0 atom stereocenters. The van der Waals surface area contributed by atoms with Crippen LogP contribution in [0.4, 0.5) is 10.7 Å². The van der Waals surface area contributed by atoms with Crippen molar-refractivity contribution in [1.29, 1.82) is 0 Å². The molecule has 1 aliphatic rings. The van der Waals surface area contributed by atoms with Crippen LogP contribution in [-0.2, 0) is 24.1 Å². The molecule has 1 N–H and O–H groups in total. The van der Waals surface area contributed by atoms with Gasteiger partial charge in [-0.15, -0.1) is 4.73 Å². The number of amides is 1. The number of carbonyl (C=O) groups is 1. The largest absolute Gasteiger partial charge is 0.497 e. The standard InChI is InChI=1S/C22H30N4O5/c1-22(2,3)31-21(28)25-13-11-18-17(14-25)19(27)26(30-5)20(24-18)23-12-10-15-6-8-16(29-4)9-7-15/h6-9H,10-14H2,1-5H3,(H,23,24). The summed E-state index contributed by atoms with van der Waals surface area (Å²) in [7, 11) is 3.05. The molecule has 0 saturated carbocycles. The Labute approximate surface area is 181 Å². The zero-order valence-corrected chi connectivity index (χ0v) is 18.7. The molecule has 0 fully saturated rings. The van der Waals surface area contributed by atoms with E-state index >= 15 is 0 Å². The zero-order valence-electron chi connectivity index (χ0n) is 18.7. The Morgan fingerprint density at radius 1 is 1.19 bits per heavy atom. The summed E-state index contributed by atoms with van der Waals surface area (Å²) in [6, 6.07) is 7.81. The van der Waals surface area contributed by atoms with Gasteiger partial charge in [-0.1, -0.05) is 12.1 Å². The first-order valence-electron chi connectivity index (χ1n) is 10.3. The van der Waals surface area contributed by atoms with Gasteiger partial charge in [-0.05, 0) is 44.9 Å². The molecule has 168 valence electrons. The van der Waals surface area contributed by atoms with E-state index in [1.165, 1.54) is 12.0 Å². The van der Waals surface area contributed by atoms with Crippen molar-refractivity contribution in [2.75, 3.05) is 32.6 Å². The normalized spacial score (nSPS) is 13.4. The molecule has 0 spiro atoms. The lowest BCUT2D eigenvalue weighted by Crippen LogP contribution is -2.44. The molecule has 0 bridgehead atoms. The van der Waals surface area contributed by atoms with Crippen LogP contribution in [0, 0.1) is 0 Å². The molecule has 31 heavy (non-hydrogen) atoms. The van der Waals surface area contributed by atoms with Gasteiger partial charge < -0.3 is 24.5 Å². The summed E-state index contributed by atoms with van der Waals surface area (Å²) in [4.78, 5) is 36.8. The fourth-order valence-corrected chi connectivity index (χ4v) is 3.33. The molecule has 0 saturated heterocycles. The van der Waals surface area contributed by atoms with Crippen LogP contribution in [0.25, 0.3) is 0 Å². The first-order chi connectivity index (χ1) is 14.7. The second-order valence-corrected chi connectivity index (χ2v) is 8.32. The third-order valence-electron chi connectivity index (χ3n) is 4.88. The molecule has 0 radical (unpaired) electrons. The van der Waals surface area contributed by atoms with Crippen molar-refractivity contribution < 1.29 is 19.1 Å². The lowest BCUT2D eigenvalue weighted by atomic mass is 10.1. The molecule has 1 aromatic carbocycles. The third kappa shape index (κ3) is 5.48. The topological polar surface area (TPSA) is 94.9 Å². The second kappa shape index (κ2) is 9.28. The molecule has 1 aromatic heterocycles. The number of hydrogen-bond acceptors (Lipinski definition) is 7. The third-order valence-corrected chi connectivity index (χ3v) is 4.88. The van der Waals surface area contributed by atoms with E-state index in [1.54, 1.807) is 7.11 Å². The van der Waals surface area contributed by atoms with Gasteiger partial charge in [-0.3, -0.25) is 4.79 Å². The van der Waals surface area contributed by atoms with Crippen LogP contribution in [0.15, 0.2) is 29.1 Å². The van der Waals surface area contributed by atoms with Gasteiger partial charge in [-0.2, -0.15) is 0 Å². The number of nitrogens with zero attached hydrogens (tertiary/aromatic N) is 3. The number of ether oxygens (including phenoxy) is 2. The van der Waals surface area contributed by atoms with E-state index in [-0.39, 0.29) is 12.1 Å². The Kier molecular flexibility index (Phi) is 6.72. The second-order valence-electron chi connectivity index (χ2n) is 8.32.